The summed E-state index contributed by atoms with van der Waals surface area (Å²) < 4.78 is 0. The van der Waals surface area contributed by atoms with Crippen molar-refractivity contribution in [1.29, 1.82) is 0 Å². The van der Waals surface area contributed by atoms with E-state index >= 15 is 0 Å². The van der Waals surface area contributed by atoms with Gasteiger partial charge in [0.1, 0.15) is 0 Å². The van der Waals surface area contributed by atoms with Crippen LogP contribution < -0.4 is 16.4 Å². The Morgan fingerprint density at radius 3 is 2.58 bits per heavy atom. The van der Waals surface area contributed by atoms with E-state index in [2.05, 4.69) is 15.6 Å². The molecule has 2 amide bonds. The maximum atomic E-state index is 12.1. The van der Waals surface area contributed by atoms with Crippen LogP contribution in [0.15, 0.2) is 53.9 Å². The number of carbonyl (C=O) groups excluding carboxylic acids is 2. The molecule has 0 spiro atoms. The van der Waals surface area contributed by atoms with E-state index in [1.165, 1.54) is 11.3 Å². The van der Waals surface area contributed by atoms with Crippen molar-refractivity contribution in [2.45, 2.75) is 6.42 Å². The molecule has 0 fully saturated rings. The number of thiazole rings is 1. The van der Waals surface area contributed by atoms with E-state index in [9.17, 15) is 9.59 Å². The Morgan fingerprint density at radius 2 is 1.88 bits per heavy atom. The van der Waals surface area contributed by atoms with Gasteiger partial charge in [0, 0.05) is 27.3 Å². The van der Waals surface area contributed by atoms with Crippen LogP contribution >= 0.6 is 22.9 Å². The predicted molar refractivity (Wildman–Crippen MR) is 104 cm³/mol. The van der Waals surface area contributed by atoms with E-state index in [4.69, 9.17) is 17.3 Å². The highest BCUT2D eigenvalue weighted by molar-refractivity contribution is 7.13. The first-order valence-corrected chi connectivity index (χ1v) is 8.92. The number of rotatable bonds is 6. The van der Waals surface area contributed by atoms with Gasteiger partial charge in [-0.2, -0.15) is 0 Å². The first-order valence-electron chi connectivity index (χ1n) is 7.66. The third-order valence-corrected chi connectivity index (χ3v) is 4.46. The lowest BCUT2D eigenvalue weighted by atomic mass is 10.2. The van der Waals surface area contributed by atoms with Crippen LogP contribution in [-0.4, -0.2) is 16.8 Å². The quantitative estimate of drug-likeness (QED) is 0.599. The second kappa shape index (κ2) is 7.99. The summed E-state index contributed by atoms with van der Waals surface area (Å²) in [5.41, 5.74) is 7.65. The van der Waals surface area contributed by atoms with Crippen molar-refractivity contribution >= 4 is 51.3 Å². The number of anilines is 3. The molecule has 0 atom stereocenters. The number of hydrogen-bond donors (Lipinski definition) is 3. The lowest BCUT2D eigenvalue weighted by Crippen LogP contribution is -2.15. The summed E-state index contributed by atoms with van der Waals surface area (Å²) in [4.78, 5) is 27.6. The summed E-state index contributed by atoms with van der Waals surface area (Å²) in [7, 11) is 0. The van der Waals surface area contributed by atoms with Gasteiger partial charge < -0.3 is 16.4 Å². The third kappa shape index (κ3) is 4.81. The highest BCUT2D eigenvalue weighted by Gasteiger charge is 2.09. The molecule has 1 heterocycles. The van der Waals surface area contributed by atoms with Gasteiger partial charge in [0.15, 0.2) is 5.13 Å². The molecule has 0 radical (unpaired) electrons. The fourth-order valence-electron chi connectivity index (χ4n) is 2.22. The molecule has 0 saturated carbocycles. The first kappa shape index (κ1) is 17.9. The van der Waals surface area contributed by atoms with Crippen molar-refractivity contribution in [1.82, 2.24) is 4.98 Å². The molecule has 4 N–H and O–H groups in total. The summed E-state index contributed by atoms with van der Waals surface area (Å²) in [6, 6.07) is 13.7. The first-order chi connectivity index (χ1) is 12.5. The van der Waals surface area contributed by atoms with E-state index < -0.39 is 5.91 Å². The molecule has 0 unspecified atom stereocenters. The lowest BCUT2D eigenvalue weighted by Gasteiger charge is -2.05. The molecule has 8 heteroatoms. The highest BCUT2D eigenvalue weighted by atomic mass is 35.5. The molecular formula is C18H15ClN4O2S. The molecule has 1 aromatic heterocycles. The number of nitrogens with zero attached hydrogens (tertiary/aromatic N) is 1. The van der Waals surface area contributed by atoms with Gasteiger partial charge in [0.05, 0.1) is 12.1 Å². The van der Waals surface area contributed by atoms with Gasteiger partial charge in [-0.1, -0.05) is 17.7 Å². The van der Waals surface area contributed by atoms with Crippen LogP contribution in [0.25, 0.3) is 0 Å². The monoisotopic (exact) mass is 386 g/mol. The molecule has 0 aliphatic carbocycles. The van der Waals surface area contributed by atoms with E-state index in [1.54, 1.807) is 36.4 Å². The van der Waals surface area contributed by atoms with Gasteiger partial charge in [-0.15, -0.1) is 11.3 Å². The van der Waals surface area contributed by atoms with Crippen LogP contribution in [0.2, 0.25) is 5.02 Å². The van der Waals surface area contributed by atoms with Crippen LogP contribution in [0.1, 0.15) is 16.1 Å². The fourth-order valence-corrected chi connectivity index (χ4v) is 3.14. The molecule has 26 heavy (non-hydrogen) atoms. The van der Waals surface area contributed by atoms with Crippen LogP contribution in [0.3, 0.4) is 0 Å². The Labute approximate surface area is 159 Å². The van der Waals surface area contributed by atoms with Crippen LogP contribution in [0.5, 0.6) is 0 Å². The molecule has 3 rings (SSSR count). The maximum Gasteiger partial charge on any atom is 0.248 e. The average Bonchev–Trinajstić information content (AvgIpc) is 3.02. The second-order valence-corrected chi connectivity index (χ2v) is 6.74. The number of nitrogens with two attached hydrogens (primary N) is 1. The standard InChI is InChI=1S/C18H15ClN4O2S/c19-12-2-1-3-14(8-12)22-18-23-15(10-26-18)9-16(24)21-13-6-4-11(5-7-13)17(20)25/h1-8,10H,9H2,(H2,20,25)(H,21,24)(H,22,23). The van der Waals surface area contributed by atoms with Crippen LogP contribution in [-0.2, 0) is 11.2 Å². The number of nitrogens with one attached hydrogen (secondary N) is 2. The molecule has 0 saturated heterocycles. The largest absolute Gasteiger partial charge is 0.366 e. The molecular weight excluding hydrogens is 372 g/mol. The molecule has 0 aliphatic heterocycles. The molecule has 0 bridgehead atoms. The van der Waals surface area contributed by atoms with Crippen molar-refractivity contribution in [2.24, 2.45) is 5.73 Å². The van der Waals surface area contributed by atoms with Gasteiger partial charge in [-0.25, -0.2) is 4.98 Å². The Morgan fingerprint density at radius 1 is 1.12 bits per heavy atom. The van der Waals surface area contributed by atoms with Crippen molar-refractivity contribution in [3.8, 4) is 0 Å². The van der Waals surface area contributed by atoms with E-state index in [-0.39, 0.29) is 12.3 Å². The fraction of sp³-hybridized carbons (Fsp3) is 0.0556. The average molecular weight is 387 g/mol. The SMILES string of the molecule is NC(=O)c1ccc(NC(=O)Cc2csc(Nc3cccc(Cl)c3)n2)cc1. The van der Waals surface area contributed by atoms with E-state index in [0.29, 0.717) is 27.1 Å². The summed E-state index contributed by atoms with van der Waals surface area (Å²) in [5, 5.41) is 9.05. The van der Waals surface area contributed by atoms with Crippen LogP contribution in [0.4, 0.5) is 16.5 Å². The van der Waals surface area contributed by atoms with Crippen LogP contribution in [0, 0.1) is 0 Å². The van der Waals surface area contributed by atoms with E-state index in [1.807, 2.05) is 17.5 Å². The number of primary amides is 1. The zero-order valence-electron chi connectivity index (χ0n) is 13.5. The Kier molecular flexibility index (Phi) is 5.50. The number of amides is 2. The number of hydrogen-bond acceptors (Lipinski definition) is 5. The number of benzene rings is 2. The maximum absolute atomic E-state index is 12.1. The topological polar surface area (TPSA) is 97.1 Å². The summed E-state index contributed by atoms with van der Waals surface area (Å²) in [6.45, 7) is 0. The highest BCUT2D eigenvalue weighted by Crippen LogP contribution is 2.23. The van der Waals surface area contributed by atoms with Crippen molar-refractivity contribution in [2.75, 3.05) is 10.6 Å². The number of halogens is 1. The van der Waals surface area contributed by atoms with Gasteiger partial charge in [0.25, 0.3) is 0 Å². The molecule has 6 nitrogen and oxygen atoms in total. The van der Waals surface area contributed by atoms with Gasteiger partial charge in [0.2, 0.25) is 11.8 Å². The smallest absolute Gasteiger partial charge is 0.248 e. The summed E-state index contributed by atoms with van der Waals surface area (Å²) in [6.07, 6.45) is 0.144. The van der Waals surface area contributed by atoms with Crippen molar-refractivity contribution in [3.63, 3.8) is 0 Å². The summed E-state index contributed by atoms with van der Waals surface area (Å²) >= 11 is 7.36. The summed E-state index contributed by atoms with van der Waals surface area (Å²) in [5.74, 6) is -0.707. The van der Waals surface area contributed by atoms with Gasteiger partial charge in [-0.3, -0.25) is 9.59 Å². The second-order valence-electron chi connectivity index (χ2n) is 5.45. The number of carbonyl (C=O) groups is 2. The third-order valence-electron chi connectivity index (χ3n) is 3.42. The van der Waals surface area contributed by atoms with Gasteiger partial charge in [-0.05, 0) is 42.5 Å². The van der Waals surface area contributed by atoms with E-state index in [0.717, 1.165) is 5.69 Å². The van der Waals surface area contributed by atoms with Crippen molar-refractivity contribution < 1.29 is 9.59 Å². The minimum Gasteiger partial charge on any atom is -0.366 e. The predicted octanol–water partition coefficient (Wildman–Crippen LogP) is 3.82. The minimum atomic E-state index is -0.509. The Bertz CT molecular complexity index is 940. The van der Waals surface area contributed by atoms with Crippen molar-refractivity contribution in [3.05, 3.63) is 70.2 Å². The molecule has 132 valence electrons. The molecule has 3 aromatic rings. The number of aromatic nitrogens is 1. The molecule has 0 aliphatic rings. The van der Waals surface area contributed by atoms with Gasteiger partial charge >= 0.3 is 0 Å². The molecule has 2 aromatic carbocycles. The lowest BCUT2D eigenvalue weighted by molar-refractivity contribution is -0.115. The Hall–Kier alpha value is -2.90. The normalized spacial score (nSPS) is 10.3. The zero-order chi connectivity index (χ0) is 18.5. The Balaban J connectivity index is 1.58. The minimum absolute atomic E-state index is 0.144. The zero-order valence-corrected chi connectivity index (χ0v) is 15.1.